The predicted molar refractivity (Wildman–Crippen MR) is 55.8 cm³/mol. The first kappa shape index (κ1) is 8.57. The lowest BCUT2D eigenvalue weighted by Gasteiger charge is -2.08. The Morgan fingerprint density at radius 3 is 3.00 bits per heavy atom. The summed E-state index contributed by atoms with van der Waals surface area (Å²) in [5, 5.41) is 3.40. The number of nitrogens with one attached hydrogen (secondary N) is 1. The summed E-state index contributed by atoms with van der Waals surface area (Å²) < 4.78 is 0. The van der Waals surface area contributed by atoms with Gasteiger partial charge in [0.15, 0.2) is 0 Å². The molecule has 0 unspecified atom stereocenters. The van der Waals surface area contributed by atoms with Crippen LogP contribution in [0.3, 0.4) is 0 Å². The number of nitrogens with zero attached hydrogens (tertiary/aromatic N) is 1. The van der Waals surface area contributed by atoms with E-state index >= 15 is 0 Å². The molecule has 1 aliphatic rings. The van der Waals surface area contributed by atoms with Crippen molar-refractivity contribution >= 4 is 5.69 Å². The summed E-state index contributed by atoms with van der Waals surface area (Å²) in [5.41, 5.74) is 4.26. The van der Waals surface area contributed by atoms with Crippen molar-refractivity contribution in [2.45, 2.75) is 20.0 Å². The highest BCUT2D eigenvalue weighted by atomic mass is 15.1. The fourth-order valence-electron chi connectivity index (χ4n) is 1.94. The van der Waals surface area contributed by atoms with Gasteiger partial charge in [0.2, 0.25) is 0 Å². The smallest absolute Gasteiger partial charge is 0.0389 e. The number of hydrogen-bond acceptors (Lipinski definition) is 2. The lowest BCUT2D eigenvalue weighted by atomic mass is 10.1. The second kappa shape index (κ2) is 3.38. The average Bonchev–Trinajstić information content (AvgIpc) is 2.47. The van der Waals surface area contributed by atoms with Gasteiger partial charge in [0, 0.05) is 25.3 Å². The molecule has 0 aliphatic carbocycles. The zero-order chi connectivity index (χ0) is 9.26. The summed E-state index contributed by atoms with van der Waals surface area (Å²) in [7, 11) is 2.16. The topological polar surface area (TPSA) is 15.3 Å². The van der Waals surface area contributed by atoms with Crippen molar-refractivity contribution in [3.63, 3.8) is 0 Å². The van der Waals surface area contributed by atoms with Crippen LogP contribution >= 0.6 is 0 Å². The molecule has 0 saturated heterocycles. The van der Waals surface area contributed by atoms with Gasteiger partial charge in [-0.1, -0.05) is 12.1 Å². The summed E-state index contributed by atoms with van der Waals surface area (Å²) in [6.07, 6.45) is 0. The van der Waals surface area contributed by atoms with Gasteiger partial charge >= 0.3 is 0 Å². The van der Waals surface area contributed by atoms with Crippen molar-refractivity contribution in [3.05, 3.63) is 29.3 Å². The van der Waals surface area contributed by atoms with Crippen LogP contribution < -0.4 is 5.32 Å². The fraction of sp³-hybridized carbons (Fsp3) is 0.455. The number of anilines is 1. The summed E-state index contributed by atoms with van der Waals surface area (Å²) >= 11 is 0. The Morgan fingerprint density at radius 1 is 1.38 bits per heavy atom. The van der Waals surface area contributed by atoms with Gasteiger partial charge in [-0.05, 0) is 31.2 Å². The van der Waals surface area contributed by atoms with Crippen molar-refractivity contribution in [2.24, 2.45) is 0 Å². The average molecular weight is 176 g/mol. The molecule has 0 aromatic heterocycles. The highest BCUT2D eigenvalue weighted by Gasteiger charge is 2.17. The number of rotatable bonds is 2. The first-order valence-corrected chi connectivity index (χ1v) is 4.84. The minimum Gasteiger partial charge on any atom is -0.385 e. The van der Waals surface area contributed by atoms with E-state index in [4.69, 9.17) is 0 Å². The van der Waals surface area contributed by atoms with E-state index in [-0.39, 0.29) is 0 Å². The summed E-state index contributed by atoms with van der Waals surface area (Å²) in [6.45, 7) is 5.31. The third-order valence-corrected chi connectivity index (χ3v) is 2.51. The number of fused-ring (bicyclic) bond motifs is 1. The van der Waals surface area contributed by atoms with Crippen LogP contribution in [-0.2, 0) is 13.1 Å². The highest BCUT2D eigenvalue weighted by Crippen LogP contribution is 2.27. The van der Waals surface area contributed by atoms with Gasteiger partial charge in [-0.25, -0.2) is 0 Å². The van der Waals surface area contributed by atoms with Crippen molar-refractivity contribution < 1.29 is 0 Å². The third-order valence-electron chi connectivity index (χ3n) is 2.51. The van der Waals surface area contributed by atoms with E-state index in [9.17, 15) is 0 Å². The Balaban J connectivity index is 2.34. The van der Waals surface area contributed by atoms with Crippen LogP contribution in [0.5, 0.6) is 0 Å². The molecule has 1 aromatic carbocycles. The van der Waals surface area contributed by atoms with Crippen LogP contribution in [0.2, 0.25) is 0 Å². The Kier molecular flexibility index (Phi) is 2.23. The molecule has 1 aromatic rings. The van der Waals surface area contributed by atoms with E-state index in [0.717, 1.165) is 19.6 Å². The molecule has 0 atom stereocenters. The highest BCUT2D eigenvalue weighted by molar-refractivity contribution is 5.56. The molecule has 2 rings (SSSR count). The summed E-state index contributed by atoms with van der Waals surface area (Å²) in [5.74, 6) is 0. The van der Waals surface area contributed by atoms with Crippen molar-refractivity contribution in [1.82, 2.24) is 4.90 Å². The minimum atomic E-state index is 1.00. The molecule has 0 saturated carbocycles. The quantitative estimate of drug-likeness (QED) is 0.742. The maximum atomic E-state index is 3.40. The van der Waals surface area contributed by atoms with E-state index in [1.807, 2.05) is 0 Å². The molecule has 2 nitrogen and oxygen atoms in total. The van der Waals surface area contributed by atoms with Gasteiger partial charge in [-0.15, -0.1) is 0 Å². The second-order valence-electron chi connectivity index (χ2n) is 3.65. The molecule has 70 valence electrons. The van der Waals surface area contributed by atoms with Gasteiger partial charge in [-0.3, -0.25) is 4.90 Å². The number of benzene rings is 1. The predicted octanol–water partition coefficient (Wildman–Crippen LogP) is 2.06. The normalized spacial score (nSPS) is 15.8. The van der Waals surface area contributed by atoms with E-state index < -0.39 is 0 Å². The Labute approximate surface area is 79.6 Å². The molecular weight excluding hydrogens is 160 g/mol. The zero-order valence-electron chi connectivity index (χ0n) is 8.30. The molecule has 2 heteroatoms. The van der Waals surface area contributed by atoms with E-state index in [1.54, 1.807) is 0 Å². The maximum absolute atomic E-state index is 3.40. The monoisotopic (exact) mass is 176 g/mol. The summed E-state index contributed by atoms with van der Waals surface area (Å²) in [4.78, 5) is 2.34. The first-order valence-electron chi connectivity index (χ1n) is 4.84. The minimum absolute atomic E-state index is 1.00. The molecule has 1 aliphatic heterocycles. The molecule has 0 fully saturated rings. The lowest BCUT2D eigenvalue weighted by Crippen LogP contribution is -2.08. The van der Waals surface area contributed by atoms with Crippen LogP contribution in [-0.4, -0.2) is 18.5 Å². The van der Waals surface area contributed by atoms with Crippen LogP contribution in [0, 0.1) is 0 Å². The zero-order valence-corrected chi connectivity index (χ0v) is 8.30. The molecule has 0 spiro atoms. The second-order valence-corrected chi connectivity index (χ2v) is 3.65. The van der Waals surface area contributed by atoms with Gasteiger partial charge in [0.05, 0.1) is 0 Å². The largest absolute Gasteiger partial charge is 0.385 e. The molecule has 0 radical (unpaired) electrons. The Hall–Kier alpha value is -1.02. The maximum Gasteiger partial charge on any atom is 0.0389 e. The van der Waals surface area contributed by atoms with Gasteiger partial charge < -0.3 is 5.32 Å². The van der Waals surface area contributed by atoms with Crippen LogP contribution in [0.4, 0.5) is 5.69 Å². The van der Waals surface area contributed by atoms with E-state index in [0.29, 0.717) is 0 Å². The van der Waals surface area contributed by atoms with Gasteiger partial charge in [0.1, 0.15) is 0 Å². The van der Waals surface area contributed by atoms with Gasteiger partial charge in [0.25, 0.3) is 0 Å². The third kappa shape index (κ3) is 1.54. The summed E-state index contributed by atoms with van der Waals surface area (Å²) in [6, 6.07) is 6.52. The molecule has 0 bridgehead atoms. The lowest BCUT2D eigenvalue weighted by molar-refractivity contribution is 0.353. The van der Waals surface area contributed by atoms with Gasteiger partial charge in [-0.2, -0.15) is 0 Å². The molecule has 1 N–H and O–H groups in total. The molecule has 1 heterocycles. The van der Waals surface area contributed by atoms with Crippen LogP contribution in [0.25, 0.3) is 0 Å². The van der Waals surface area contributed by atoms with Crippen LogP contribution in [0.15, 0.2) is 18.2 Å². The van der Waals surface area contributed by atoms with Crippen molar-refractivity contribution in [1.29, 1.82) is 0 Å². The molecule has 0 amide bonds. The number of hydrogen-bond donors (Lipinski definition) is 1. The fourth-order valence-corrected chi connectivity index (χ4v) is 1.94. The molecule has 13 heavy (non-hydrogen) atoms. The van der Waals surface area contributed by atoms with Crippen molar-refractivity contribution in [2.75, 3.05) is 18.9 Å². The SMILES string of the molecule is CCNc1cccc2c1CN(C)C2. The Bertz CT molecular complexity index is 307. The Morgan fingerprint density at radius 2 is 2.23 bits per heavy atom. The van der Waals surface area contributed by atoms with E-state index in [2.05, 4.69) is 42.4 Å². The standard InChI is InChI=1S/C11H16N2/c1-3-12-11-6-4-5-9-7-13(2)8-10(9)11/h4-6,12H,3,7-8H2,1-2H3. The van der Waals surface area contributed by atoms with Crippen LogP contribution in [0.1, 0.15) is 18.1 Å². The first-order chi connectivity index (χ1) is 6.31. The molecular formula is C11H16N2. The van der Waals surface area contributed by atoms with Crippen molar-refractivity contribution in [3.8, 4) is 0 Å². The van der Waals surface area contributed by atoms with E-state index in [1.165, 1.54) is 16.8 Å².